The van der Waals surface area contributed by atoms with Crippen molar-refractivity contribution in [3.8, 4) is 0 Å². The normalized spacial score (nSPS) is 24.5. The molecule has 0 saturated heterocycles. The lowest BCUT2D eigenvalue weighted by molar-refractivity contribution is 0.144. The van der Waals surface area contributed by atoms with Crippen LogP contribution in [0.1, 0.15) is 36.8 Å². The third-order valence-corrected chi connectivity index (χ3v) is 4.53. The Hall–Kier alpha value is -2.50. The molecule has 0 N–H and O–H groups in total. The predicted octanol–water partition coefficient (Wildman–Crippen LogP) is 4.61. The van der Waals surface area contributed by atoms with Crippen molar-refractivity contribution in [1.29, 1.82) is 0 Å². The third-order valence-electron chi connectivity index (χ3n) is 4.53. The van der Waals surface area contributed by atoms with Crippen LogP contribution in [0.15, 0.2) is 46.6 Å². The molecule has 6 heteroatoms. The SMILES string of the molecule is CCOC(=O)N=NC(=O)OCc1ccc(C2C[C@@H]3C=C[C@H]2C3)cc1. The molecule has 0 radical (unpaired) electrons. The summed E-state index contributed by atoms with van der Waals surface area (Å²) >= 11 is 0. The van der Waals surface area contributed by atoms with E-state index in [1.165, 1.54) is 18.4 Å². The Kier molecular flexibility index (Phi) is 5.03. The number of hydrogen-bond acceptors (Lipinski definition) is 4. The van der Waals surface area contributed by atoms with Crippen molar-refractivity contribution >= 4 is 12.2 Å². The van der Waals surface area contributed by atoms with Crippen LogP contribution in [0.4, 0.5) is 9.59 Å². The fraction of sp³-hybridized carbons (Fsp3) is 0.444. The molecule has 2 aliphatic rings. The van der Waals surface area contributed by atoms with Gasteiger partial charge in [0, 0.05) is 0 Å². The minimum Gasteiger partial charge on any atom is -0.447 e. The van der Waals surface area contributed by atoms with Crippen LogP contribution in [0.5, 0.6) is 0 Å². The van der Waals surface area contributed by atoms with E-state index < -0.39 is 12.2 Å². The van der Waals surface area contributed by atoms with Crippen LogP contribution < -0.4 is 0 Å². The molecule has 126 valence electrons. The van der Waals surface area contributed by atoms with E-state index in [4.69, 9.17) is 4.74 Å². The smallest absolute Gasteiger partial charge is 0.447 e. The molecule has 3 atom stereocenters. The van der Waals surface area contributed by atoms with Crippen LogP contribution in [0.25, 0.3) is 0 Å². The number of carbonyl (C=O) groups is 2. The largest absolute Gasteiger partial charge is 0.452 e. The Labute approximate surface area is 140 Å². The zero-order chi connectivity index (χ0) is 16.9. The van der Waals surface area contributed by atoms with Crippen LogP contribution in [0, 0.1) is 11.8 Å². The van der Waals surface area contributed by atoms with Gasteiger partial charge in [-0.05, 0) is 48.6 Å². The monoisotopic (exact) mass is 328 g/mol. The zero-order valence-corrected chi connectivity index (χ0v) is 13.6. The van der Waals surface area contributed by atoms with Crippen LogP contribution in [-0.2, 0) is 16.1 Å². The molecule has 6 nitrogen and oxygen atoms in total. The molecule has 0 aliphatic heterocycles. The number of hydrogen-bond donors (Lipinski definition) is 0. The summed E-state index contributed by atoms with van der Waals surface area (Å²) in [5.74, 6) is 2.02. The summed E-state index contributed by atoms with van der Waals surface area (Å²) in [6.07, 6.45) is 5.35. The summed E-state index contributed by atoms with van der Waals surface area (Å²) < 4.78 is 9.48. The van der Waals surface area contributed by atoms with Gasteiger partial charge in [-0.2, -0.15) is 0 Å². The summed E-state index contributed by atoms with van der Waals surface area (Å²) in [6, 6.07) is 8.12. The highest BCUT2D eigenvalue weighted by Gasteiger charge is 2.36. The van der Waals surface area contributed by atoms with Gasteiger partial charge in [-0.3, -0.25) is 0 Å². The molecular formula is C18H20N2O4. The van der Waals surface area contributed by atoms with Gasteiger partial charge in [-0.1, -0.05) is 46.6 Å². The van der Waals surface area contributed by atoms with E-state index in [0.29, 0.717) is 11.8 Å². The van der Waals surface area contributed by atoms with Gasteiger partial charge in [0.25, 0.3) is 0 Å². The van der Waals surface area contributed by atoms with E-state index in [9.17, 15) is 9.59 Å². The molecular weight excluding hydrogens is 308 g/mol. The Bertz CT molecular complexity index is 666. The number of carbonyl (C=O) groups excluding carboxylic acids is 2. The van der Waals surface area contributed by atoms with E-state index in [2.05, 4.69) is 39.3 Å². The molecule has 1 saturated carbocycles. The van der Waals surface area contributed by atoms with Crippen LogP contribution in [0.3, 0.4) is 0 Å². The molecule has 1 aromatic carbocycles. The number of benzene rings is 1. The minimum atomic E-state index is -0.912. The molecule has 1 fully saturated rings. The standard InChI is InChI=1S/C18H20N2O4/c1-2-23-17(21)19-20-18(22)24-11-12-3-6-14(7-4-12)16-10-13-5-8-15(16)9-13/h3-8,13,15-16H,2,9-11H2,1H3/t13-,15+,16?/m1/s1. The molecule has 1 unspecified atom stereocenters. The van der Waals surface area contributed by atoms with E-state index in [1.54, 1.807) is 6.92 Å². The molecule has 0 heterocycles. The van der Waals surface area contributed by atoms with Crippen molar-refractivity contribution in [1.82, 2.24) is 0 Å². The average Bonchev–Trinajstić information content (AvgIpc) is 3.22. The predicted molar refractivity (Wildman–Crippen MR) is 86.6 cm³/mol. The van der Waals surface area contributed by atoms with Crippen molar-refractivity contribution in [2.45, 2.75) is 32.3 Å². The van der Waals surface area contributed by atoms with Gasteiger partial charge in [0.1, 0.15) is 6.61 Å². The van der Waals surface area contributed by atoms with Crippen molar-refractivity contribution in [3.05, 3.63) is 47.5 Å². The summed E-state index contributed by atoms with van der Waals surface area (Å²) in [6.45, 7) is 1.91. The lowest BCUT2D eigenvalue weighted by Crippen LogP contribution is -2.05. The van der Waals surface area contributed by atoms with Crippen LogP contribution in [0.2, 0.25) is 0 Å². The van der Waals surface area contributed by atoms with Crippen LogP contribution >= 0.6 is 0 Å². The van der Waals surface area contributed by atoms with Crippen LogP contribution in [-0.4, -0.2) is 18.8 Å². The molecule has 2 bridgehead atoms. The maximum absolute atomic E-state index is 11.4. The third kappa shape index (κ3) is 3.88. The number of amides is 2. The van der Waals surface area contributed by atoms with Gasteiger partial charge < -0.3 is 9.47 Å². The zero-order valence-electron chi connectivity index (χ0n) is 13.6. The summed E-state index contributed by atoms with van der Waals surface area (Å²) in [5, 5.41) is 6.24. The number of fused-ring (bicyclic) bond motifs is 2. The van der Waals surface area contributed by atoms with E-state index in [1.807, 2.05) is 12.1 Å². The maximum atomic E-state index is 11.4. The van der Waals surface area contributed by atoms with Gasteiger partial charge in [-0.25, -0.2) is 9.59 Å². The molecule has 2 amide bonds. The topological polar surface area (TPSA) is 77.3 Å². The lowest BCUT2D eigenvalue weighted by atomic mass is 9.86. The summed E-state index contributed by atoms with van der Waals surface area (Å²) in [4.78, 5) is 22.3. The Morgan fingerprint density at radius 3 is 2.33 bits per heavy atom. The first-order chi connectivity index (χ1) is 11.7. The Morgan fingerprint density at radius 1 is 1.04 bits per heavy atom. The first-order valence-electron chi connectivity index (χ1n) is 8.18. The number of nitrogens with zero attached hydrogens (tertiary/aromatic N) is 2. The Balaban J connectivity index is 1.49. The van der Waals surface area contributed by atoms with E-state index in [-0.39, 0.29) is 13.2 Å². The highest BCUT2D eigenvalue weighted by Crippen LogP contribution is 2.48. The van der Waals surface area contributed by atoms with E-state index in [0.717, 1.165) is 11.5 Å². The summed E-state index contributed by atoms with van der Waals surface area (Å²) in [7, 11) is 0. The molecule has 0 spiro atoms. The van der Waals surface area contributed by atoms with Crippen molar-refractivity contribution in [3.63, 3.8) is 0 Å². The second kappa shape index (κ2) is 7.38. The second-order valence-electron chi connectivity index (χ2n) is 6.08. The van der Waals surface area contributed by atoms with Gasteiger partial charge in [-0.15, -0.1) is 0 Å². The Morgan fingerprint density at radius 2 is 1.75 bits per heavy atom. The molecule has 1 aromatic rings. The number of azo groups is 1. The second-order valence-corrected chi connectivity index (χ2v) is 6.08. The highest BCUT2D eigenvalue weighted by atomic mass is 16.6. The fourth-order valence-corrected chi connectivity index (χ4v) is 3.43. The number of allylic oxidation sites excluding steroid dienone is 2. The molecule has 3 rings (SSSR count). The first kappa shape index (κ1) is 16.4. The van der Waals surface area contributed by atoms with Gasteiger partial charge >= 0.3 is 12.2 Å². The number of rotatable bonds is 4. The van der Waals surface area contributed by atoms with Gasteiger partial charge in [0.15, 0.2) is 0 Å². The van der Waals surface area contributed by atoms with Gasteiger partial charge in [0.05, 0.1) is 6.61 Å². The van der Waals surface area contributed by atoms with Crippen molar-refractivity contribution in [2.24, 2.45) is 22.1 Å². The first-order valence-corrected chi connectivity index (χ1v) is 8.18. The van der Waals surface area contributed by atoms with Gasteiger partial charge in [0.2, 0.25) is 0 Å². The lowest BCUT2D eigenvalue weighted by Gasteiger charge is -2.18. The quantitative estimate of drug-likeness (QED) is 0.597. The minimum absolute atomic E-state index is 0.0948. The molecule has 2 aliphatic carbocycles. The number of ether oxygens (including phenoxy) is 2. The van der Waals surface area contributed by atoms with Crippen molar-refractivity contribution < 1.29 is 19.1 Å². The van der Waals surface area contributed by atoms with Crippen molar-refractivity contribution in [2.75, 3.05) is 6.61 Å². The van der Waals surface area contributed by atoms with E-state index >= 15 is 0 Å². The maximum Gasteiger partial charge on any atom is 0.452 e. The molecule has 0 aromatic heterocycles. The summed E-state index contributed by atoms with van der Waals surface area (Å²) in [5.41, 5.74) is 2.21. The average molecular weight is 328 g/mol. The highest BCUT2D eigenvalue weighted by molar-refractivity contribution is 5.73. The molecule has 24 heavy (non-hydrogen) atoms. The fourth-order valence-electron chi connectivity index (χ4n) is 3.43.